The van der Waals surface area contributed by atoms with E-state index in [2.05, 4.69) is 0 Å². The van der Waals surface area contributed by atoms with E-state index in [1.165, 1.54) is 44.6 Å². The molecule has 0 radical (unpaired) electrons. The van der Waals surface area contributed by atoms with E-state index in [0.717, 1.165) is 4.57 Å². The van der Waals surface area contributed by atoms with Crippen LogP contribution in [0.25, 0.3) is 5.69 Å². The first kappa shape index (κ1) is 23.4. The molecule has 2 aliphatic heterocycles. The van der Waals surface area contributed by atoms with Crippen molar-refractivity contribution in [2.45, 2.75) is 19.2 Å². The highest BCUT2D eigenvalue weighted by atomic mass is 19.1. The fourth-order valence-electron chi connectivity index (χ4n) is 4.48. The molecule has 13 heteroatoms. The van der Waals surface area contributed by atoms with Crippen LogP contribution in [0.1, 0.15) is 10.4 Å². The van der Waals surface area contributed by atoms with Crippen molar-refractivity contribution >= 4 is 23.4 Å². The third-order valence-electron chi connectivity index (χ3n) is 6.37. The molecule has 5 rings (SSSR count). The number of cyclic esters (lactones) is 1. The molecule has 36 heavy (non-hydrogen) atoms. The van der Waals surface area contributed by atoms with Gasteiger partial charge in [-0.1, -0.05) is 0 Å². The first-order valence-electron chi connectivity index (χ1n) is 11.3. The largest absolute Gasteiger partial charge is 0.478 e. The number of carbonyl (C=O) groups excluding carboxylic acids is 1. The molecule has 0 spiro atoms. The minimum Gasteiger partial charge on any atom is -0.478 e. The van der Waals surface area contributed by atoms with Crippen molar-refractivity contribution in [2.24, 2.45) is 5.73 Å². The SMILES string of the molecule is NC[C@H]1CN(c2ccc(N3CCn4c(=O)n(-c5ccc(C(=O)O)cc5)c(=O)n4CC3)c(F)c2)C(=O)O1. The van der Waals surface area contributed by atoms with Gasteiger partial charge >= 0.3 is 23.4 Å². The number of nitrogens with two attached hydrogens (primary N) is 1. The maximum Gasteiger partial charge on any atom is 0.414 e. The van der Waals surface area contributed by atoms with Crippen LogP contribution in [0, 0.1) is 5.82 Å². The minimum absolute atomic E-state index is 0.0391. The van der Waals surface area contributed by atoms with Crippen molar-refractivity contribution in [1.29, 1.82) is 0 Å². The van der Waals surface area contributed by atoms with Gasteiger partial charge in [-0.3, -0.25) is 4.90 Å². The Balaban J connectivity index is 1.37. The summed E-state index contributed by atoms with van der Waals surface area (Å²) in [6, 6.07) is 9.87. The second-order valence-electron chi connectivity index (χ2n) is 8.47. The molecule has 188 valence electrons. The van der Waals surface area contributed by atoms with Crippen molar-refractivity contribution < 1.29 is 23.8 Å². The zero-order chi connectivity index (χ0) is 25.6. The number of ether oxygens (including phenoxy) is 1. The molecule has 1 fully saturated rings. The molecule has 0 unspecified atom stereocenters. The third-order valence-corrected chi connectivity index (χ3v) is 6.37. The van der Waals surface area contributed by atoms with Gasteiger partial charge in [0.2, 0.25) is 0 Å². The molecule has 12 nitrogen and oxygen atoms in total. The Hall–Kier alpha value is -4.39. The van der Waals surface area contributed by atoms with Crippen molar-refractivity contribution in [2.75, 3.05) is 36.0 Å². The molecule has 1 atom stereocenters. The number of halogens is 1. The van der Waals surface area contributed by atoms with Gasteiger partial charge in [-0.05, 0) is 42.5 Å². The van der Waals surface area contributed by atoms with Gasteiger partial charge in [0.15, 0.2) is 0 Å². The predicted octanol–water partition coefficient (Wildman–Crippen LogP) is 0.442. The number of carbonyl (C=O) groups is 2. The van der Waals surface area contributed by atoms with E-state index in [4.69, 9.17) is 15.6 Å². The standard InChI is InChI=1S/C23H23FN6O6/c24-18-11-16(27-13-17(12-25)36-23(27)35)5-6-19(18)26-7-9-28-21(33)30(22(34)29(28)10-8-26)15-3-1-14(2-4-15)20(31)32/h1-6,11,17H,7-10,12-13,25H2,(H,31,32)/t17-/m0/s1. The number of carboxylic acids is 1. The van der Waals surface area contributed by atoms with Gasteiger partial charge in [-0.25, -0.2) is 37.5 Å². The van der Waals surface area contributed by atoms with Crippen LogP contribution >= 0.6 is 0 Å². The van der Waals surface area contributed by atoms with Crippen LogP contribution in [-0.4, -0.2) is 63.4 Å². The Labute approximate surface area is 203 Å². The molecule has 0 bridgehead atoms. The highest BCUT2D eigenvalue weighted by Crippen LogP contribution is 2.28. The lowest BCUT2D eigenvalue weighted by Crippen LogP contribution is -2.33. The fourth-order valence-corrected chi connectivity index (χ4v) is 4.48. The second kappa shape index (κ2) is 9.00. The summed E-state index contributed by atoms with van der Waals surface area (Å²) in [6.45, 7) is 1.20. The summed E-state index contributed by atoms with van der Waals surface area (Å²) in [5, 5.41) is 9.06. The Bertz CT molecular complexity index is 1420. The van der Waals surface area contributed by atoms with Gasteiger partial charge in [-0.15, -0.1) is 0 Å². The summed E-state index contributed by atoms with van der Waals surface area (Å²) in [6.07, 6.45) is -1.03. The number of rotatable bonds is 5. The van der Waals surface area contributed by atoms with Crippen molar-refractivity contribution in [3.63, 3.8) is 0 Å². The molecule has 2 aliphatic rings. The van der Waals surface area contributed by atoms with Gasteiger partial charge in [0, 0.05) is 19.6 Å². The molecular formula is C23H23FN6O6. The van der Waals surface area contributed by atoms with E-state index in [0.29, 0.717) is 5.69 Å². The van der Waals surface area contributed by atoms with Gasteiger partial charge in [-0.2, -0.15) is 0 Å². The molecule has 1 saturated heterocycles. The van der Waals surface area contributed by atoms with Gasteiger partial charge in [0.1, 0.15) is 11.9 Å². The van der Waals surface area contributed by atoms with E-state index < -0.39 is 35.4 Å². The Morgan fingerprint density at radius 1 is 0.972 bits per heavy atom. The lowest BCUT2D eigenvalue weighted by molar-refractivity contribution is 0.0696. The normalized spacial score (nSPS) is 17.6. The average Bonchev–Trinajstić information content (AvgIpc) is 3.24. The minimum atomic E-state index is -1.11. The molecule has 3 heterocycles. The highest BCUT2D eigenvalue weighted by molar-refractivity contribution is 5.90. The van der Waals surface area contributed by atoms with Crippen LogP contribution in [0.3, 0.4) is 0 Å². The lowest BCUT2D eigenvalue weighted by Gasteiger charge is -2.23. The topological polar surface area (TPSA) is 145 Å². The Kier molecular flexibility index (Phi) is 5.84. The smallest absolute Gasteiger partial charge is 0.414 e. The van der Waals surface area contributed by atoms with Gasteiger partial charge < -0.3 is 20.5 Å². The molecule has 3 N–H and O–H groups in total. The van der Waals surface area contributed by atoms with E-state index >= 15 is 4.39 Å². The molecule has 0 aliphatic carbocycles. The number of fused-ring (bicyclic) bond motifs is 1. The Morgan fingerprint density at radius 2 is 1.58 bits per heavy atom. The Morgan fingerprint density at radius 3 is 2.11 bits per heavy atom. The number of aromatic carboxylic acids is 1. The number of benzene rings is 2. The predicted molar refractivity (Wildman–Crippen MR) is 127 cm³/mol. The molecule has 2 aromatic carbocycles. The summed E-state index contributed by atoms with van der Waals surface area (Å²) in [4.78, 5) is 52.2. The number of amides is 1. The van der Waals surface area contributed by atoms with Gasteiger partial charge in [0.25, 0.3) is 0 Å². The average molecular weight is 498 g/mol. The number of aromatic nitrogens is 3. The van der Waals surface area contributed by atoms with Crippen molar-refractivity contribution in [3.05, 3.63) is 74.8 Å². The number of anilines is 2. The second-order valence-corrected chi connectivity index (χ2v) is 8.47. The fraction of sp³-hybridized carbons (Fsp3) is 0.304. The first-order valence-corrected chi connectivity index (χ1v) is 11.3. The van der Waals surface area contributed by atoms with Crippen molar-refractivity contribution in [1.82, 2.24) is 13.9 Å². The summed E-state index contributed by atoms with van der Waals surface area (Å²) in [5.41, 5.74) is 5.36. The summed E-state index contributed by atoms with van der Waals surface area (Å²) >= 11 is 0. The van der Waals surface area contributed by atoms with Crippen LogP contribution in [0.15, 0.2) is 52.1 Å². The molecule has 0 saturated carbocycles. The van der Waals surface area contributed by atoms with E-state index in [1.54, 1.807) is 17.0 Å². The van der Waals surface area contributed by atoms with Crippen LogP contribution in [0.4, 0.5) is 20.6 Å². The maximum atomic E-state index is 15.1. The number of carboxylic acid groups (broad SMARTS) is 1. The van der Waals surface area contributed by atoms with Crippen LogP contribution in [-0.2, 0) is 17.8 Å². The number of hydrogen-bond acceptors (Lipinski definition) is 7. The molecular weight excluding hydrogens is 475 g/mol. The van der Waals surface area contributed by atoms with E-state index in [9.17, 15) is 19.2 Å². The van der Waals surface area contributed by atoms with Crippen LogP contribution < -0.4 is 26.9 Å². The summed E-state index contributed by atoms with van der Waals surface area (Å²) in [7, 11) is 0. The lowest BCUT2D eigenvalue weighted by atomic mass is 10.2. The van der Waals surface area contributed by atoms with Gasteiger partial charge in [0.05, 0.1) is 42.3 Å². The molecule has 1 aromatic heterocycles. The zero-order valence-corrected chi connectivity index (χ0v) is 19.0. The van der Waals surface area contributed by atoms with E-state index in [-0.39, 0.29) is 56.2 Å². The van der Waals surface area contributed by atoms with E-state index in [1.807, 2.05) is 0 Å². The van der Waals surface area contributed by atoms with Crippen molar-refractivity contribution in [3.8, 4) is 5.69 Å². The third kappa shape index (κ3) is 3.92. The molecule has 3 aromatic rings. The van der Waals surface area contributed by atoms with Crippen LogP contribution in [0.2, 0.25) is 0 Å². The zero-order valence-electron chi connectivity index (χ0n) is 19.0. The number of nitrogens with zero attached hydrogens (tertiary/aromatic N) is 5. The van der Waals surface area contributed by atoms with Crippen LogP contribution in [0.5, 0.6) is 0 Å². The molecule has 1 amide bonds. The summed E-state index contributed by atoms with van der Waals surface area (Å²) in [5.74, 6) is -1.66. The monoisotopic (exact) mass is 498 g/mol. The highest BCUT2D eigenvalue weighted by Gasteiger charge is 2.32. The number of hydrogen-bond donors (Lipinski definition) is 2. The summed E-state index contributed by atoms with van der Waals surface area (Å²) < 4.78 is 23.8. The quantitative estimate of drug-likeness (QED) is 0.516. The maximum absolute atomic E-state index is 15.1. The first-order chi connectivity index (χ1) is 17.3.